The van der Waals surface area contributed by atoms with Crippen molar-refractivity contribution < 1.29 is 4.52 Å². The first-order valence-corrected chi connectivity index (χ1v) is 2.85. The molecule has 2 rings (SSSR count). The van der Waals surface area contributed by atoms with E-state index in [-0.39, 0.29) is 5.15 Å². The van der Waals surface area contributed by atoms with E-state index in [2.05, 4.69) is 25.1 Å². The van der Waals surface area contributed by atoms with Crippen LogP contribution in [0.1, 0.15) is 0 Å². The van der Waals surface area contributed by atoms with Crippen molar-refractivity contribution in [1.29, 1.82) is 0 Å². The van der Waals surface area contributed by atoms with Gasteiger partial charge < -0.3 is 4.52 Å². The van der Waals surface area contributed by atoms with Crippen LogP contribution in [0.2, 0.25) is 5.15 Å². The van der Waals surface area contributed by atoms with Crippen molar-refractivity contribution in [1.82, 2.24) is 20.6 Å². The van der Waals surface area contributed by atoms with Gasteiger partial charge in [-0.2, -0.15) is 0 Å². The van der Waals surface area contributed by atoms with Crippen LogP contribution in [0.4, 0.5) is 0 Å². The molecule has 6 heteroatoms. The molecule has 50 valence electrons. The molecule has 0 radical (unpaired) electrons. The third kappa shape index (κ3) is 0.640. The second kappa shape index (κ2) is 1.88. The van der Waals surface area contributed by atoms with Gasteiger partial charge in [0, 0.05) is 0 Å². The summed E-state index contributed by atoms with van der Waals surface area (Å²) in [6.07, 6.45) is 1.44. The molecule has 0 atom stereocenters. The zero-order valence-electron chi connectivity index (χ0n) is 4.65. The average Bonchev–Trinajstić information content (AvgIpc) is 2.36. The Balaban J connectivity index is 2.95. The molecule has 0 bridgehead atoms. The summed E-state index contributed by atoms with van der Waals surface area (Å²) in [6, 6.07) is 0. The van der Waals surface area contributed by atoms with Crippen LogP contribution in [0.15, 0.2) is 10.7 Å². The van der Waals surface area contributed by atoms with Gasteiger partial charge in [0.1, 0.15) is 5.39 Å². The lowest BCUT2D eigenvalue weighted by Gasteiger charge is -1.82. The lowest BCUT2D eigenvalue weighted by atomic mass is 10.5. The summed E-state index contributed by atoms with van der Waals surface area (Å²) in [6.45, 7) is 0. The first kappa shape index (κ1) is 5.55. The first-order chi connectivity index (χ1) is 4.88. The maximum absolute atomic E-state index is 5.58. The quantitative estimate of drug-likeness (QED) is 0.561. The van der Waals surface area contributed by atoms with Gasteiger partial charge in [-0.1, -0.05) is 21.9 Å². The maximum atomic E-state index is 5.58. The van der Waals surface area contributed by atoms with Gasteiger partial charge in [0.15, 0.2) is 5.15 Å². The zero-order valence-corrected chi connectivity index (χ0v) is 5.41. The van der Waals surface area contributed by atoms with E-state index in [1.807, 2.05) is 0 Å². The Morgan fingerprint density at radius 1 is 1.40 bits per heavy atom. The van der Waals surface area contributed by atoms with Gasteiger partial charge >= 0.3 is 0 Å². The van der Waals surface area contributed by atoms with Crippen LogP contribution in [-0.2, 0) is 0 Å². The summed E-state index contributed by atoms with van der Waals surface area (Å²) < 4.78 is 4.65. The molecule has 0 unspecified atom stereocenters. The van der Waals surface area contributed by atoms with E-state index in [0.29, 0.717) is 11.1 Å². The fraction of sp³-hybridized carbons (Fsp3) is 0. The summed E-state index contributed by atoms with van der Waals surface area (Å²) in [4.78, 5) is 0. The smallest absolute Gasteiger partial charge is 0.281 e. The van der Waals surface area contributed by atoms with E-state index in [0.717, 1.165) is 0 Å². The molecule has 0 aromatic carbocycles. The van der Waals surface area contributed by atoms with E-state index in [4.69, 9.17) is 11.6 Å². The van der Waals surface area contributed by atoms with Gasteiger partial charge in [-0.25, -0.2) is 0 Å². The molecule has 0 aliphatic carbocycles. The summed E-state index contributed by atoms with van der Waals surface area (Å²) in [5.74, 6) is 0. The minimum absolute atomic E-state index is 0.256. The Bertz CT molecular complexity index is 359. The molecular weight excluding hydrogens is 156 g/mol. The van der Waals surface area contributed by atoms with Crippen LogP contribution in [0, 0.1) is 0 Å². The number of aromatic nitrogens is 4. The normalized spacial score (nSPS) is 10.5. The molecule has 2 aromatic rings. The van der Waals surface area contributed by atoms with Crippen molar-refractivity contribution in [3.05, 3.63) is 11.3 Å². The summed E-state index contributed by atoms with van der Waals surface area (Å²) in [5.41, 5.74) is 0.306. The first-order valence-electron chi connectivity index (χ1n) is 2.47. The number of halogens is 1. The monoisotopic (exact) mass is 156 g/mol. The van der Waals surface area contributed by atoms with E-state index >= 15 is 0 Å². The Kier molecular flexibility index (Phi) is 1.04. The molecule has 0 N–H and O–H groups in total. The molecule has 0 aliphatic heterocycles. The topological polar surface area (TPSA) is 64.7 Å². The number of nitrogens with zero attached hydrogens (tertiary/aromatic N) is 4. The van der Waals surface area contributed by atoms with Crippen molar-refractivity contribution in [3.8, 4) is 0 Å². The fourth-order valence-corrected chi connectivity index (χ4v) is 0.767. The zero-order chi connectivity index (χ0) is 6.97. The lowest BCUT2D eigenvalue weighted by Crippen LogP contribution is -1.85. The maximum Gasteiger partial charge on any atom is 0.281 e. The van der Waals surface area contributed by atoms with Gasteiger partial charge in [0.2, 0.25) is 0 Å². The van der Waals surface area contributed by atoms with Gasteiger partial charge in [0.25, 0.3) is 5.71 Å². The second-order valence-corrected chi connectivity index (χ2v) is 1.98. The molecule has 2 heterocycles. The molecule has 0 aliphatic rings. The number of hydrogen-bond donors (Lipinski definition) is 0. The van der Waals surface area contributed by atoms with Gasteiger partial charge in [-0.3, -0.25) is 0 Å². The van der Waals surface area contributed by atoms with Crippen LogP contribution in [0.25, 0.3) is 11.1 Å². The highest BCUT2D eigenvalue weighted by Crippen LogP contribution is 2.15. The molecule has 10 heavy (non-hydrogen) atoms. The minimum Gasteiger partial charge on any atom is -0.334 e. The Morgan fingerprint density at radius 3 is 3.10 bits per heavy atom. The van der Waals surface area contributed by atoms with E-state index in [9.17, 15) is 0 Å². The standard InChI is InChI=1S/C4HClN4O/c5-3-2-1-6-10-4(2)8-9-7-3/h1H. The van der Waals surface area contributed by atoms with E-state index in [1.54, 1.807) is 0 Å². The molecule has 0 saturated carbocycles. The van der Waals surface area contributed by atoms with Crippen molar-refractivity contribution in [2.45, 2.75) is 0 Å². The van der Waals surface area contributed by atoms with Crippen molar-refractivity contribution in [2.24, 2.45) is 0 Å². The minimum atomic E-state index is 0.256. The molecule has 0 fully saturated rings. The highest BCUT2D eigenvalue weighted by Gasteiger charge is 2.04. The molecular formula is C4HClN4O. The van der Waals surface area contributed by atoms with Gasteiger partial charge in [-0.15, -0.1) is 5.10 Å². The summed E-state index contributed by atoms with van der Waals surface area (Å²) >= 11 is 5.58. The van der Waals surface area contributed by atoms with Crippen LogP contribution in [0.3, 0.4) is 0 Å². The molecule has 5 nitrogen and oxygen atoms in total. The molecule has 0 spiro atoms. The Labute approximate surface area is 60.0 Å². The predicted molar refractivity (Wildman–Crippen MR) is 32.4 cm³/mol. The highest BCUT2D eigenvalue weighted by molar-refractivity contribution is 6.33. The Hall–Kier alpha value is -1.23. The van der Waals surface area contributed by atoms with Crippen LogP contribution < -0.4 is 0 Å². The molecule has 0 amide bonds. The second-order valence-electron chi connectivity index (χ2n) is 1.62. The van der Waals surface area contributed by atoms with Crippen LogP contribution in [0.5, 0.6) is 0 Å². The third-order valence-electron chi connectivity index (χ3n) is 1.04. The van der Waals surface area contributed by atoms with Gasteiger partial charge in [-0.05, 0) is 5.21 Å². The number of rotatable bonds is 0. The summed E-state index contributed by atoms with van der Waals surface area (Å²) in [7, 11) is 0. The fourth-order valence-electron chi connectivity index (χ4n) is 0.603. The molecule has 2 aromatic heterocycles. The highest BCUT2D eigenvalue weighted by atomic mass is 35.5. The number of hydrogen-bond acceptors (Lipinski definition) is 5. The predicted octanol–water partition coefficient (Wildman–Crippen LogP) is 0.666. The van der Waals surface area contributed by atoms with Crippen molar-refractivity contribution in [3.63, 3.8) is 0 Å². The van der Waals surface area contributed by atoms with Gasteiger partial charge in [0.05, 0.1) is 6.20 Å². The Morgan fingerprint density at radius 2 is 2.30 bits per heavy atom. The third-order valence-corrected chi connectivity index (χ3v) is 1.32. The lowest BCUT2D eigenvalue weighted by molar-refractivity contribution is 0.444. The molecule has 0 saturated heterocycles. The van der Waals surface area contributed by atoms with Crippen molar-refractivity contribution >= 4 is 22.7 Å². The van der Waals surface area contributed by atoms with Crippen LogP contribution >= 0.6 is 11.6 Å². The SMILES string of the molecule is Clc1nnnc2oncc12. The average molecular weight is 157 g/mol. The van der Waals surface area contributed by atoms with Crippen LogP contribution in [-0.4, -0.2) is 20.6 Å². The largest absolute Gasteiger partial charge is 0.334 e. The van der Waals surface area contributed by atoms with E-state index in [1.165, 1.54) is 6.20 Å². The number of fused-ring (bicyclic) bond motifs is 1. The summed E-state index contributed by atoms with van der Waals surface area (Å²) in [5, 5.41) is 14.6. The van der Waals surface area contributed by atoms with E-state index < -0.39 is 0 Å². The van der Waals surface area contributed by atoms with Crippen molar-refractivity contribution in [2.75, 3.05) is 0 Å².